The zero-order valence-electron chi connectivity index (χ0n) is 13.1. The Labute approximate surface area is 132 Å². The number of carbonyl (C=O) groups excluding carboxylic acids is 1. The summed E-state index contributed by atoms with van der Waals surface area (Å²) in [5.74, 6) is 0.614. The smallest absolute Gasteiger partial charge is 0.224 e. The maximum atomic E-state index is 12.0. The molecular weight excluding hydrogens is 276 g/mol. The summed E-state index contributed by atoms with van der Waals surface area (Å²) in [5, 5.41) is 3.09. The Morgan fingerprint density at radius 2 is 1.91 bits per heavy atom. The van der Waals surface area contributed by atoms with Crippen molar-refractivity contribution in [2.24, 2.45) is 10.7 Å². The van der Waals surface area contributed by atoms with Crippen molar-refractivity contribution >= 4 is 11.9 Å². The van der Waals surface area contributed by atoms with Gasteiger partial charge in [-0.25, -0.2) is 0 Å². The number of likely N-dealkylation sites (tertiary alicyclic amines) is 1. The molecule has 0 bridgehead atoms. The van der Waals surface area contributed by atoms with Gasteiger partial charge in [-0.15, -0.1) is 0 Å². The fourth-order valence-electron chi connectivity index (χ4n) is 2.61. The average molecular weight is 302 g/mol. The van der Waals surface area contributed by atoms with Crippen molar-refractivity contribution in [3.05, 3.63) is 35.9 Å². The molecule has 5 heteroatoms. The highest BCUT2D eigenvalue weighted by Gasteiger charge is 2.15. The molecule has 5 nitrogen and oxygen atoms in total. The SMILES string of the molecule is NC(=NCCC(=O)N1CCCCC1)NCCc1ccccc1. The molecule has 1 aliphatic rings. The predicted molar refractivity (Wildman–Crippen MR) is 89.7 cm³/mol. The molecule has 120 valence electrons. The maximum absolute atomic E-state index is 12.0. The summed E-state index contributed by atoms with van der Waals surface area (Å²) in [6.45, 7) is 3.00. The van der Waals surface area contributed by atoms with Gasteiger partial charge in [-0.2, -0.15) is 0 Å². The third kappa shape index (κ3) is 5.76. The van der Waals surface area contributed by atoms with Crippen molar-refractivity contribution in [3.63, 3.8) is 0 Å². The number of aliphatic imine (C=N–C) groups is 1. The second-order valence-electron chi connectivity index (χ2n) is 5.62. The van der Waals surface area contributed by atoms with Gasteiger partial charge in [0.05, 0.1) is 6.54 Å². The first-order chi connectivity index (χ1) is 10.8. The topological polar surface area (TPSA) is 70.7 Å². The van der Waals surface area contributed by atoms with E-state index in [2.05, 4.69) is 22.4 Å². The van der Waals surface area contributed by atoms with Crippen LogP contribution in [0.3, 0.4) is 0 Å². The van der Waals surface area contributed by atoms with E-state index in [1.165, 1.54) is 12.0 Å². The largest absolute Gasteiger partial charge is 0.370 e. The Morgan fingerprint density at radius 1 is 1.18 bits per heavy atom. The van der Waals surface area contributed by atoms with Gasteiger partial charge in [-0.1, -0.05) is 30.3 Å². The van der Waals surface area contributed by atoms with Crippen molar-refractivity contribution < 1.29 is 4.79 Å². The van der Waals surface area contributed by atoms with Crippen molar-refractivity contribution in [3.8, 4) is 0 Å². The van der Waals surface area contributed by atoms with Crippen LogP contribution in [0.5, 0.6) is 0 Å². The number of nitrogens with zero attached hydrogens (tertiary/aromatic N) is 2. The zero-order valence-corrected chi connectivity index (χ0v) is 13.1. The number of amides is 1. The summed E-state index contributed by atoms with van der Waals surface area (Å²) in [5.41, 5.74) is 7.08. The molecule has 1 fully saturated rings. The van der Waals surface area contributed by atoms with Crippen LogP contribution in [0.25, 0.3) is 0 Å². The zero-order chi connectivity index (χ0) is 15.6. The van der Waals surface area contributed by atoms with E-state index in [9.17, 15) is 4.79 Å². The third-order valence-corrected chi connectivity index (χ3v) is 3.88. The fraction of sp³-hybridized carbons (Fsp3) is 0.529. The van der Waals surface area contributed by atoms with Gasteiger partial charge in [-0.3, -0.25) is 9.79 Å². The van der Waals surface area contributed by atoms with Crippen LogP contribution in [0.15, 0.2) is 35.3 Å². The summed E-state index contributed by atoms with van der Waals surface area (Å²) in [6, 6.07) is 10.2. The van der Waals surface area contributed by atoms with E-state index in [1.54, 1.807) is 0 Å². The van der Waals surface area contributed by atoms with Crippen LogP contribution in [0.2, 0.25) is 0 Å². The van der Waals surface area contributed by atoms with Gasteiger partial charge < -0.3 is 16.0 Å². The molecule has 0 radical (unpaired) electrons. The minimum Gasteiger partial charge on any atom is -0.370 e. The van der Waals surface area contributed by atoms with Gasteiger partial charge >= 0.3 is 0 Å². The van der Waals surface area contributed by atoms with E-state index in [1.807, 2.05) is 23.1 Å². The first-order valence-electron chi connectivity index (χ1n) is 8.11. The molecule has 0 aromatic heterocycles. The Hall–Kier alpha value is -2.04. The van der Waals surface area contributed by atoms with Crippen LogP contribution in [-0.2, 0) is 11.2 Å². The van der Waals surface area contributed by atoms with Crippen LogP contribution in [-0.4, -0.2) is 42.9 Å². The highest BCUT2D eigenvalue weighted by Crippen LogP contribution is 2.09. The first-order valence-corrected chi connectivity index (χ1v) is 8.11. The molecule has 2 rings (SSSR count). The lowest BCUT2D eigenvalue weighted by molar-refractivity contribution is -0.131. The maximum Gasteiger partial charge on any atom is 0.224 e. The van der Waals surface area contributed by atoms with Crippen molar-refractivity contribution in [2.45, 2.75) is 32.1 Å². The predicted octanol–water partition coefficient (Wildman–Crippen LogP) is 1.54. The lowest BCUT2D eigenvalue weighted by Gasteiger charge is -2.26. The molecule has 1 aromatic rings. The molecule has 1 aromatic carbocycles. The number of rotatable bonds is 6. The fourth-order valence-corrected chi connectivity index (χ4v) is 2.61. The first kappa shape index (κ1) is 16.3. The molecule has 1 saturated heterocycles. The molecular formula is C17H26N4O. The minimum atomic E-state index is 0.195. The van der Waals surface area contributed by atoms with Crippen LogP contribution >= 0.6 is 0 Å². The monoisotopic (exact) mass is 302 g/mol. The molecule has 1 amide bonds. The molecule has 1 heterocycles. The number of nitrogens with two attached hydrogens (primary N) is 1. The van der Waals surface area contributed by atoms with E-state index in [0.29, 0.717) is 18.9 Å². The van der Waals surface area contributed by atoms with Crippen LogP contribution in [0, 0.1) is 0 Å². The molecule has 0 spiro atoms. The molecule has 1 aliphatic heterocycles. The number of carbonyl (C=O) groups is 1. The number of hydrogen-bond acceptors (Lipinski definition) is 2. The highest BCUT2D eigenvalue weighted by molar-refractivity contribution is 5.79. The van der Waals surface area contributed by atoms with Gasteiger partial charge in [0.25, 0.3) is 0 Å². The lowest BCUT2D eigenvalue weighted by Crippen LogP contribution is -2.36. The Kier molecular flexibility index (Phi) is 6.74. The number of benzene rings is 1. The van der Waals surface area contributed by atoms with Crippen molar-refractivity contribution in [1.82, 2.24) is 10.2 Å². The summed E-state index contributed by atoms with van der Waals surface area (Å²) in [7, 11) is 0. The van der Waals surface area contributed by atoms with E-state index in [-0.39, 0.29) is 5.91 Å². The number of nitrogens with one attached hydrogen (secondary N) is 1. The normalized spacial score (nSPS) is 15.6. The number of hydrogen-bond donors (Lipinski definition) is 2. The van der Waals surface area contributed by atoms with E-state index in [4.69, 9.17) is 5.73 Å². The Morgan fingerprint density at radius 3 is 2.64 bits per heavy atom. The average Bonchev–Trinajstić information content (AvgIpc) is 2.56. The summed E-state index contributed by atoms with van der Waals surface area (Å²) in [6.07, 6.45) is 4.83. The standard InChI is InChI=1S/C17H26N4O/c18-17(19-11-9-15-7-3-1-4-8-15)20-12-10-16(22)21-13-5-2-6-14-21/h1,3-4,7-8H,2,5-6,9-14H2,(H3,18,19,20). The van der Waals surface area contributed by atoms with Gasteiger partial charge in [-0.05, 0) is 31.2 Å². The van der Waals surface area contributed by atoms with Crippen LogP contribution < -0.4 is 11.1 Å². The van der Waals surface area contributed by atoms with Crippen molar-refractivity contribution in [2.75, 3.05) is 26.2 Å². The molecule has 3 N–H and O–H groups in total. The summed E-state index contributed by atoms with van der Waals surface area (Å²) in [4.78, 5) is 18.1. The number of guanidine groups is 1. The highest BCUT2D eigenvalue weighted by atomic mass is 16.2. The number of piperidine rings is 1. The van der Waals surface area contributed by atoms with Gasteiger partial charge in [0.1, 0.15) is 0 Å². The van der Waals surface area contributed by atoms with Gasteiger partial charge in [0.2, 0.25) is 5.91 Å². The van der Waals surface area contributed by atoms with Gasteiger partial charge in [0.15, 0.2) is 5.96 Å². The Bertz CT molecular complexity index is 481. The second kappa shape index (κ2) is 9.07. The minimum absolute atomic E-state index is 0.195. The van der Waals surface area contributed by atoms with Crippen LogP contribution in [0.1, 0.15) is 31.2 Å². The van der Waals surface area contributed by atoms with E-state index in [0.717, 1.165) is 38.9 Å². The second-order valence-corrected chi connectivity index (χ2v) is 5.62. The Balaban J connectivity index is 1.61. The van der Waals surface area contributed by atoms with Crippen LogP contribution in [0.4, 0.5) is 0 Å². The summed E-state index contributed by atoms with van der Waals surface area (Å²) < 4.78 is 0. The quantitative estimate of drug-likeness (QED) is 0.618. The summed E-state index contributed by atoms with van der Waals surface area (Å²) >= 11 is 0. The third-order valence-electron chi connectivity index (χ3n) is 3.88. The molecule has 0 saturated carbocycles. The molecule has 0 unspecified atom stereocenters. The molecule has 22 heavy (non-hydrogen) atoms. The van der Waals surface area contributed by atoms with E-state index < -0.39 is 0 Å². The van der Waals surface area contributed by atoms with E-state index >= 15 is 0 Å². The van der Waals surface area contributed by atoms with Crippen molar-refractivity contribution in [1.29, 1.82) is 0 Å². The molecule has 0 aliphatic carbocycles. The lowest BCUT2D eigenvalue weighted by atomic mass is 10.1. The van der Waals surface area contributed by atoms with Gasteiger partial charge in [0, 0.05) is 26.1 Å². The molecule has 0 atom stereocenters.